The molecule has 0 atom stereocenters. The largest absolute Gasteiger partial charge is 0.417 e. The van der Waals surface area contributed by atoms with E-state index in [-0.39, 0.29) is 19.4 Å². The van der Waals surface area contributed by atoms with Crippen LogP contribution in [0.4, 0.5) is 13.2 Å². The quantitative estimate of drug-likeness (QED) is 0.637. The molecule has 2 saturated heterocycles. The van der Waals surface area contributed by atoms with Crippen LogP contribution in [0.2, 0.25) is 0 Å². The van der Waals surface area contributed by atoms with Gasteiger partial charge in [-0.15, -0.1) is 0 Å². The lowest BCUT2D eigenvalue weighted by molar-refractivity contribution is -0.315. The topological polar surface area (TPSA) is 35.2 Å². The van der Waals surface area contributed by atoms with Gasteiger partial charge in [-0.3, -0.25) is 0 Å². The normalized spacial score (nSPS) is 45.2. The van der Waals surface area contributed by atoms with Gasteiger partial charge in [-0.25, -0.2) is 0 Å². The zero-order valence-corrected chi connectivity index (χ0v) is 7.16. The van der Waals surface area contributed by atoms with Crippen LogP contribution in [0, 0.1) is 0 Å². The molecule has 3 aliphatic rings. The summed E-state index contributed by atoms with van der Waals surface area (Å²) in [7, 11) is 0. The highest BCUT2D eigenvalue weighted by Gasteiger charge is 2.62. The number of alkyl halides is 3. The van der Waals surface area contributed by atoms with Crippen molar-refractivity contribution in [2.45, 2.75) is 43.0 Å². The van der Waals surface area contributed by atoms with Gasteiger partial charge in [0.1, 0.15) is 0 Å². The van der Waals surface area contributed by atoms with Gasteiger partial charge < -0.3 is 10.5 Å². The molecular weight excluding hydrogens is 183 g/mol. The maximum absolute atomic E-state index is 12.6. The van der Waals surface area contributed by atoms with Gasteiger partial charge in [0, 0.05) is 5.54 Å². The summed E-state index contributed by atoms with van der Waals surface area (Å²) in [5.41, 5.74) is 3.43. The lowest BCUT2D eigenvalue weighted by atomic mass is 9.71. The fraction of sp³-hybridized carbons (Fsp3) is 1.00. The van der Waals surface area contributed by atoms with Gasteiger partial charge in [0.05, 0.1) is 6.61 Å². The van der Waals surface area contributed by atoms with Crippen molar-refractivity contribution in [1.82, 2.24) is 0 Å². The van der Waals surface area contributed by atoms with Crippen molar-refractivity contribution in [3.63, 3.8) is 0 Å². The Kier molecular flexibility index (Phi) is 1.70. The van der Waals surface area contributed by atoms with Crippen LogP contribution in [-0.4, -0.2) is 23.9 Å². The number of halogens is 3. The predicted octanol–water partition coefficient (Wildman–Crippen LogP) is 1.59. The third-order valence-electron chi connectivity index (χ3n) is 3.21. The molecule has 3 rings (SSSR count). The van der Waals surface area contributed by atoms with Crippen molar-refractivity contribution in [3.05, 3.63) is 0 Å². The Labute approximate surface area is 74.2 Å². The van der Waals surface area contributed by atoms with Gasteiger partial charge in [-0.05, 0) is 25.7 Å². The maximum Gasteiger partial charge on any atom is 0.417 e. The van der Waals surface area contributed by atoms with Crippen molar-refractivity contribution >= 4 is 0 Å². The molecule has 2 aliphatic heterocycles. The molecule has 76 valence electrons. The number of hydrogen-bond acceptors (Lipinski definition) is 2. The minimum Gasteiger partial charge on any atom is -0.364 e. The van der Waals surface area contributed by atoms with Crippen molar-refractivity contribution < 1.29 is 17.9 Å². The van der Waals surface area contributed by atoms with E-state index in [4.69, 9.17) is 10.5 Å². The van der Waals surface area contributed by atoms with Crippen LogP contribution in [-0.2, 0) is 4.74 Å². The van der Waals surface area contributed by atoms with Crippen LogP contribution in [0.25, 0.3) is 0 Å². The minimum absolute atomic E-state index is 0.0208. The van der Waals surface area contributed by atoms with E-state index in [0.29, 0.717) is 12.8 Å². The van der Waals surface area contributed by atoms with Crippen LogP contribution >= 0.6 is 0 Å². The molecule has 5 heteroatoms. The van der Waals surface area contributed by atoms with Crippen LogP contribution in [0.1, 0.15) is 25.7 Å². The molecule has 0 radical (unpaired) electrons. The average molecular weight is 195 g/mol. The Bertz CT molecular complexity index is 201. The molecule has 0 unspecified atom stereocenters. The van der Waals surface area contributed by atoms with Crippen LogP contribution in [0.3, 0.4) is 0 Å². The third kappa shape index (κ3) is 1.25. The lowest BCUT2D eigenvalue weighted by Crippen LogP contribution is -2.64. The molecule has 3 fully saturated rings. The van der Waals surface area contributed by atoms with Gasteiger partial charge in [0.2, 0.25) is 0 Å². The van der Waals surface area contributed by atoms with E-state index in [1.807, 2.05) is 0 Å². The zero-order chi connectivity index (χ0) is 9.74. The first-order valence-corrected chi connectivity index (χ1v) is 4.37. The summed E-state index contributed by atoms with van der Waals surface area (Å²) in [6.45, 7) is 0.0481. The first-order chi connectivity index (χ1) is 5.87. The van der Waals surface area contributed by atoms with Gasteiger partial charge in [-0.1, -0.05) is 0 Å². The summed E-state index contributed by atoms with van der Waals surface area (Å²) in [4.78, 5) is 0. The molecule has 2 bridgehead atoms. The van der Waals surface area contributed by atoms with Gasteiger partial charge in [-0.2, -0.15) is 13.2 Å². The molecule has 2 heterocycles. The Morgan fingerprint density at radius 2 is 1.62 bits per heavy atom. The zero-order valence-electron chi connectivity index (χ0n) is 7.16. The summed E-state index contributed by atoms with van der Waals surface area (Å²) in [5, 5.41) is 0. The van der Waals surface area contributed by atoms with E-state index >= 15 is 0 Å². The summed E-state index contributed by atoms with van der Waals surface area (Å²) in [5.74, 6) is 0. The molecule has 2 nitrogen and oxygen atoms in total. The highest BCUT2D eigenvalue weighted by Crippen LogP contribution is 2.50. The Balaban J connectivity index is 2.20. The number of fused-ring (bicyclic) bond motifs is 3. The van der Waals surface area contributed by atoms with Crippen molar-refractivity contribution in [3.8, 4) is 0 Å². The average Bonchev–Trinajstić information content (AvgIpc) is 2.04. The van der Waals surface area contributed by atoms with Crippen molar-refractivity contribution in [1.29, 1.82) is 0 Å². The monoisotopic (exact) mass is 195 g/mol. The Morgan fingerprint density at radius 1 is 1.08 bits per heavy atom. The second-order valence-electron chi connectivity index (χ2n) is 4.14. The summed E-state index contributed by atoms with van der Waals surface area (Å²) < 4.78 is 42.6. The van der Waals surface area contributed by atoms with Crippen molar-refractivity contribution in [2.75, 3.05) is 6.61 Å². The Morgan fingerprint density at radius 3 is 1.92 bits per heavy atom. The van der Waals surface area contributed by atoms with Crippen LogP contribution < -0.4 is 5.73 Å². The van der Waals surface area contributed by atoms with Crippen molar-refractivity contribution in [2.24, 2.45) is 5.73 Å². The van der Waals surface area contributed by atoms with E-state index in [1.165, 1.54) is 0 Å². The van der Waals surface area contributed by atoms with Crippen LogP contribution in [0.15, 0.2) is 0 Å². The molecular formula is C8H12F3NO. The van der Waals surface area contributed by atoms with E-state index in [1.54, 1.807) is 0 Å². The van der Waals surface area contributed by atoms with E-state index < -0.39 is 17.3 Å². The predicted molar refractivity (Wildman–Crippen MR) is 40.1 cm³/mol. The lowest BCUT2D eigenvalue weighted by Gasteiger charge is -2.51. The summed E-state index contributed by atoms with van der Waals surface area (Å²) in [6, 6.07) is 0. The minimum atomic E-state index is -4.24. The van der Waals surface area contributed by atoms with Gasteiger partial charge in [0.25, 0.3) is 0 Å². The van der Waals surface area contributed by atoms with E-state index in [2.05, 4.69) is 0 Å². The molecule has 2 N–H and O–H groups in total. The van der Waals surface area contributed by atoms with Gasteiger partial charge in [0.15, 0.2) is 5.60 Å². The molecule has 0 aromatic carbocycles. The first kappa shape index (κ1) is 9.27. The molecule has 0 spiro atoms. The molecule has 13 heavy (non-hydrogen) atoms. The molecule has 0 aromatic rings. The van der Waals surface area contributed by atoms with E-state index in [9.17, 15) is 13.2 Å². The highest BCUT2D eigenvalue weighted by atomic mass is 19.4. The molecule has 0 aromatic heterocycles. The second-order valence-corrected chi connectivity index (χ2v) is 4.14. The number of hydrogen-bond donors (Lipinski definition) is 1. The number of rotatable bonds is 0. The number of ether oxygens (including phenoxy) is 1. The SMILES string of the molecule is NC12CCC(C(F)(F)F)(CC1)OC2. The molecule has 1 aliphatic carbocycles. The van der Waals surface area contributed by atoms with E-state index in [0.717, 1.165) is 0 Å². The fourth-order valence-electron chi connectivity index (χ4n) is 2.09. The number of nitrogens with two attached hydrogens (primary N) is 1. The molecule has 0 amide bonds. The van der Waals surface area contributed by atoms with Crippen LogP contribution in [0.5, 0.6) is 0 Å². The summed E-state index contributed by atoms with van der Waals surface area (Å²) >= 11 is 0. The highest BCUT2D eigenvalue weighted by molar-refractivity contribution is 5.05. The smallest absolute Gasteiger partial charge is 0.364 e. The third-order valence-corrected chi connectivity index (χ3v) is 3.21. The first-order valence-electron chi connectivity index (χ1n) is 4.37. The van der Waals surface area contributed by atoms with Gasteiger partial charge >= 0.3 is 6.18 Å². The standard InChI is InChI=1S/C8H12F3NO/c9-8(10,11)7-3-1-6(12,2-4-7)5-13-7/h1-5,12H2. The maximum atomic E-state index is 12.6. The summed E-state index contributed by atoms with van der Waals surface area (Å²) in [6.07, 6.45) is -3.35. The second kappa shape index (κ2) is 2.39. The molecule has 1 saturated carbocycles. The Hall–Kier alpha value is -0.290. The fourth-order valence-corrected chi connectivity index (χ4v) is 2.09.